The van der Waals surface area contributed by atoms with Crippen LogP contribution in [-0.4, -0.2) is 126 Å². The van der Waals surface area contributed by atoms with Gasteiger partial charge in [-0.25, -0.2) is 4.79 Å². The number of phenols is 1. The molecule has 0 radical (unpaired) electrons. The minimum atomic E-state index is -1.79. The van der Waals surface area contributed by atoms with Gasteiger partial charge in [-0.15, -0.1) is 0 Å². The van der Waals surface area contributed by atoms with E-state index in [4.69, 9.17) is 27.7 Å². The van der Waals surface area contributed by atoms with E-state index in [1.54, 1.807) is 13.8 Å². The number of nitrogens with two attached hydrogens (primary N) is 4. The molecule has 368 valence electrons. The van der Waals surface area contributed by atoms with Gasteiger partial charge in [0.2, 0.25) is 47.3 Å². The number of nitrogens with one attached hydrogen (secondary N) is 7. The van der Waals surface area contributed by atoms with E-state index in [9.17, 15) is 48.3 Å². The molecule has 1 aliphatic rings. The van der Waals surface area contributed by atoms with Crippen molar-refractivity contribution >= 4 is 59.2 Å². The minimum Gasteiger partial charge on any atom is -0.508 e. The van der Waals surface area contributed by atoms with Crippen molar-refractivity contribution in [1.29, 1.82) is 0 Å². The molecule has 9 atom stereocenters. The first-order chi connectivity index (χ1) is 30.9. The van der Waals surface area contributed by atoms with E-state index in [1.165, 1.54) is 31.2 Å². The number of guanidine groups is 1. The Morgan fingerprint density at radius 2 is 1.35 bits per heavy atom. The summed E-state index contributed by atoms with van der Waals surface area (Å²) in [7, 11) is 0. The molecule has 23 nitrogen and oxygen atoms in total. The third-order valence-corrected chi connectivity index (χ3v) is 10.5. The SMILES string of the molecule is CC[C@H](C)[C@@H]1NC(=O)[C@H](CC(C)C)NC(=O)[C@H](Cc2ccc(O)cc2)NC(=O)[C@H](NC(=O)[C@H](CC(N)=O)NC(=O)[C@@H](CCCN=C(N)N)NC(=O)[C@@H](CC(C)C)NC(=O)[C@H](C)N)COC1=O. The highest BCUT2D eigenvalue weighted by Crippen LogP contribution is 2.16. The molecule has 1 aromatic carbocycles. The molecule has 0 unspecified atom stereocenters. The molecule has 1 aliphatic heterocycles. The minimum absolute atomic E-state index is 0.0330. The van der Waals surface area contributed by atoms with E-state index in [1.807, 2.05) is 27.7 Å². The molecule has 0 spiro atoms. The fourth-order valence-corrected chi connectivity index (χ4v) is 6.69. The van der Waals surface area contributed by atoms with Gasteiger partial charge in [-0.2, -0.15) is 0 Å². The van der Waals surface area contributed by atoms with Gasteiger partial charge in [-0.3, -0.25) is 43.3 Å². The molecule has 23 heteroatoms. The Kier molecular flexibility index (Phi) is 22.8. The van der Waals surface area contributed by atoms with Crippen molar-refractivity contribution in [3.63, 3.8) is 0 Å². The zero-order valence-electron chi connectivity index (χ0n) is 38.8. The molecule has 2 rings (SSSR count). The Morgan fingerprint density at radius 1 is 0.773 bits per heavy atom. The first-order valence-corrected chi connectivity index (χ1v) is 22.1. The lowest BCUT2D eigenvalue weighted by Crippen LogP contribution is -2.61. The van der Waals surface area contributed by atoms with Gasteiger partial charge in [-0.1, -0.05) is 60.1 Å². The van der Waals surface area contributed by atoms with Crippen LogP contribution in [0.15, 0.2) is 29.3 Å². The number of nitrogens with zero attached hydrogens (tertiary/aromatic N) is 1. The fraction of sp³-hybridized carbons (Fsp3) is 0.628. The van der Waals surface area contributed by atoms with Gasteiger partial charge in [0.05, 0.1) is 12.5 Å². The average Bonchev–Trinajstić information content (AvgIpc) is 3.23. The molecule has 0 aromatic heterocycles. The summed E-state index contributed by atoms with van der Waals surface area (Å²) < 4.78 is 5.57. The maximum absolute atomic E-state index is 14.2. The Hall–Kier alpha value is -6.52. The van der Waals surface area contributed by atoms with Crippen LogP contribution in [0.25, 0.3) is 0 Å². The number of hydrogen-bond donors (Lipinski definition) is 12. The number of carbonyl (C=O) groups is 9. The Balaban J connectivity index is 2.58. The molecule has 0 aliphatic carbocycles. The maximum atomic E-state index is 14.2. The van der Waals surface area contributed by atoms with Crippen molar-refractivity contribution in [2.24, 2.45) is 45.7 Å². The second-order valence-corrected chi connectivity index (χ2v) is 17.4. The van der Waals surface area contributed by atoms with E-state index >= 15 is 0 Å². The molecule has 0 bridgehead atoms. The number of ether oxygens (including phenoxy) is 1. The highest BCUT2D eigenvalue weighted by Gasteiger charge is 2.38. The average molecular weight is 931 g/mol. The van der Waals surface area contributed by atoms with Crippen molar-refractivity contribution in [1.82, 2.24) is 37.2 Å². The van der Waals surface area contributed by atoms with Crippen LogP contribution in [-0.2, 0) is 54.3 Å². The summed E-state index contributed by atoms with van der Waals surface area (Å²) in [5, 5.41) is 27.8. The molecular weight excluding hydrogens is 861 g/mol. The number of carbonyl (C=O) groups excluding carboxylic acids is 9. The smallest absolute Gasteiger partial charge is 0.329 e. The van der Waals surface area contributed by atoms with Crippen LogP contribution < -0.4 is 60.2 Å². The zero-order chi connectivity index (χ0) is 49.8. The van der Waals surface area contributed by atoms with Crippen molar-refractivity contribution in [3.8, 4) is 5.75 Å². The lowest BCUT2D eigenvalue weighted by atomic mass is 9.97. The van der Waals surface area contributed by atoms with Crippen molar-refractivity contribution in [3.05, 3.63) is 29.8 Å². The van der Waals surface area contributed by atoms with Crippen LogP contribution in [0.2, 0.25) is 0 Å². The monoisotopic (exact) mass is 931 g/mol. The second kappa shape index (κ2) is 27.1. The summed E-state index contributed by atoms with van der Waals surface area (Å²) >= 11 is 0. The number of benzene rings is 1. The Labute approximate surface area is 384 Å². The number of aromatic hydroxyl groups is 1. The molecule has 1 saturated heterocycles. The van der Waals surface area contributed by atoms with Gasteiger partial charge in [0.25, 0.3) is 0 Å². The third-order valence-electron chi connectivity index (χ3n) is 10.5. The van der Waals surface area contributed by atoms with Crippen LogP contribution in [0, 0.1) is 17.8 Å². The van der Waals surface area contributed by atoms with Crippen LogP contribution >= 0.6 is 0 Å². The third kappa shape index (κ3) is 19.3. The first-order valence-electron chi connectivity index (χ1n) is 22.1. The van der Waals surface area contributed by atoms with E-state index < -0.39 is 121 Å². The molecule has 1 fully saturated rings. The molecule has 1 aromatic rings. The number of hydrogen-bond acceptors (Lipinski definition) is 13. The number of cyclic esters (lactones) is 1. The summed E-state index contributed by atoms with van der Waals surface area (Å²) in [5.41, 5.74) is 22.6. The van der Waals surface area contributed by atoms with E-state index in [0.717, 1.165) is 0 Å². The zero-order valence-corrected chi connectivity index (χ0v) is 38.8. The fourth-order valence-electron chi connectivity index (χ4n) is 6.69. The van der Waals surface area contributed by atoms with E-state index in [-0.39, 0.29) is 62.2 Å². The molecule has 1 heterocycles. The summed E-state index contributed by atoms with van der Waals surface area (Å²) in [6, 6.07) is -5.04. The first kappa shape index (κ1) is 55.6. The lowest BCUT2D eigenvalue weighted by molar-refractivity contribution is -0.151. The lowest BCUT2D eigenvalue weighted by Gasteiger charge is -2.27. The van der Waals surface area contributed by atoms with Gasteiger partial charge in [0, 0.05) is 13.0 Å². The number of rotatable bonds is 22. The number of primary amides is 1. The van der Waals surface area contributed by atoms with Crippen LogP contribution in [0.1, 0.15) is 92.6 Å². The quantitative estimate of drug-likeness (QED) is 0.0244. The molecule has 16 N–H and O–H groups in total. The predicted octanol–water partition coefficient (Wildman–Crippen LogP) is -2.70. The van der Waals surface area contributed by atoms with Crippen molar-refractivity contribution in [2.45, 2.75) is 142 Å². The summed E-state index contributed by atoms with van der Waals surface area (Å²) in [6.07, 6.45) is -0.220. The highest BCUT2D eigenvalue weighted by molar-refractivity contribution is 5.99. The Bertz CT molecular complexity index is 1890. The maximum Gasteiger partial charge on any atom is 0.329 e. The predicted molar refractivity (Wildman–Crippen MR) is 242 cm³/mol. The van der Waals surface area contributed by atoms with Gasteiger partial charge in [0.15, 0.2) is 5.96 Å². The number of amides is 8. The van der Waals surface area contributed by atoms with Crippen LogP contribution in [0.5, 0.6) is 5.75 Å². The van der Waals surface area contributed by atoms with Crippen molar-refractivity contribution in [2.75, 3.05) is 13.2 Å². The molecule has 8 amide bonds. The van der Waals surface area contributed by atoms with Crippen molar-refractivity contribution < 1.29 is 53.0 Å². The van der Waals surface area contributed by atoms with E-state index in [2.05, 4.69) is 42.2 Å². The molecular formula is C43H70N12O11. The molecule has 0 saturated carbocycles. The largest absolute Gasteiger partial charge is 0.508 e. The summed E-state index contributed by atoms with van der Waals surface area (Å²) in [6.45, 7) is 11.4. The summed E-state index contributed by atoms with van der Waals surface area (Å²) in [4.78, 5) is 126. The van der Waals surface area contributed by atoms with Crippen LogP contribution in [0.4, 0.5) is 0 Å². The normalized spacial score (nSPS) is 20.5. The van der Waals surface area contributed by atoms with Gasteiger partial charge in [0.1, 0.15) is 54.6 Å². The number of phenolic OH excluding ortho intramolecular Hbond substituents is 1. The Morgan fingerprint density at radius 3 is 1.91 bits per heavy atom. The molecule has 66 heavy (non-hydrogen) atoms. The van der Waals surface area contributed by atoms with Crippen LogP contribution in [0.3, 0.4) is 0 Å². The summed E-state index contributed by atoms with van der Waals surface area (Å²) in [5.74, 6) is -8.98. The van der Waals surface area contributed by atoms with Gasteiger partial charge < -0.3 is 70.0 Å². The highest BCUT2D eigenvalue weighted by atomic mass is 16.5. The van der Waals surface area contributed by atoms with Gasteiger partial charge >= 0.3 is 5.97 Å². The topological polar surface area (TPSA) is 384 Å². The number of aliphatic imine (C=N–C) groups is 1. The second-order valence-electron chi connectivity index (χ2n) is 17.4. The standard InChI is InChI=1S/C43H70N12O11/c1-8-23(6)34-42(65)66-20-32(41(64)52-30(18-25-11-13-26(56)14-12-25)38(61)51-29(17-22(4)5)40(63)55-34)54-39(62)31(19-33(45)57)53-36(59)27(10-9-15-48-43(46)47)49-37(60)28(16-21(2)3)50-35(58)24(7)44/h11-14,21-24,27-32,34,56H,8-10,15-20,44H2,1-7H3,(H2,45,57)(H,49,60)(H,50,58)(H,51,61)(H,52,64)(H,53,59)(H,54,62)(H,55,63)(H4,46,47,48)/t23-,24-,27+,28+,29-,30-,31-,32+,34-/m0/s1. The number of esters is 1. The van der Waals surface area contributed by atoms with E-state index in [0.29, 0.717) is 12.0 Å². The van der Waals surface area contributed by atoms with Gasteiger partial charge in [-0.05, 0) is 68.1 Å².